The molecule has 19 heavy (non-hydrogen) atoms. The fourth-order valence-electron chi connectivity index (χ4n) is 1.65. The van der Waals surface area contributed by atoms with Gasteiger partial charge < -0.3 is 0 Å². The smallest absolute Gasteiger partial charge is 0.272 e. The Balaban J connectivity index is 2.43. The van der Waals surface area contributed by atoms with E-state index < -0.39 is 12.2 Å². The first-order valence-corrected chi connectivity index (χ1v) is 5.82. The molecule has 0 atom stereocenters. The van der Waals surface area contributed by atoms with E-state index in [2.05, 4.69) is 20.4 Å². The van der Waals surface area contributed by atoms with E-state index in [1.807, 2.05) is 13.8 Å². The fraction of sp³-hybridized carbons (Fsp3) is 0.400. The van der Waals surface area contributed by atoms with E-state index >= 15 is 0 Å². The minimum absolute atomic E-state index is 0.0192. The lowest BCUT2D eigenvalue weighted by molar-refractivity contribution is 0.136. The van der Waals surface area contributed by atoms with Crippen molar-refractivity contribution in [2.45, 2.75) is 20.3 Å². The number of aryl methyl sites for hydroxylation is 2. The lowest BCUT2D eigenvalue weighted by Gasteiger charge is -1.98. The predicted octanol–water partition coefficient (Wildman–Crippen LogP) is 2.11. The van der Waals surface area contributed by atoms with Crippen molar-refractivity contribution in [3.05, 3.63) is 27.5 Å². The zero-order valence-corrected chi connectivity index (χ0v) is 11.4. The molecular formula is C10H12F2N6S. The molecule has 102 valence electrons. The molecule has 0 unspecified atom stereocenters. The van der Waals surface area contributed by atoms with E-state index in [-0.39, 0.29) is 4.77 Å². The van der Waals surface area contributed by atoms with Crippen molar-refractivity contribution in [1.82, 2.24) is 24.7 Å². The van der Waals surface area contributed by atoms with Crippen LogP contribution in [-0.4, -0.2) is 30.9 Å². The molecule has 2 heterocycles. The molecule has 0 saturated heterocycles. The third-order valence-electron chi connectivity index (χ3n) is 2.74. The molecule has 0 bridgehead atoms. The quantitative estimate of drug-likeness (QED) is 0.694. The highest BCUT2D eigenvalue weighted by Gasteiger charge is 2.16. The van der Waals surface area contributed by atoms with E-state index in [1.165, 1.54) is 6.21 Å². The molecule has 2 aromatic heterocycles. The van der Waals surface area contributed by atoms with Gasteiger partial charge in [0, 0.05) is 18.3 Å². The van der Waals surface area contributed by atoms with Gasteiger partial charge in [0.05, 0.1) is 11.9 Å². The SMILES string of the molecule is Cc1nn(C)c(C)c1/C=N\n1c(C(F)F)n[nH]c1=S. The van der Waals surface area contributed by atoms with Gasteiger partial charge >= 0.3 is 0 Å². The Hall–Kier alpha value is -1.90. The number of aromatic nitrogens is 5. The number of halogens is 2. The van der Waals surface area contributed by atoms with Gasteiger partial charge in [-0.3, -0.25) is 4.68 Å². The van der Waals surface area contributed by atoms with Crippen LogP contribution in [0.5, 0.6) is 0 Å². The van der Waals surface area contributed by atoms with Gasteiger partial charge in [-0.1, -0.05) is 0 Å². The normalized spacial score (nSPS) is 11.9. The van der Waals surface area contributed by atoms with Crippen LogP contribution >= 0.6 is 12.2 Å². The second kappa shape index (κ2) is 5.00. The number of nitrogens with zero attached hydrogens (tertiary/aromatic N) is 5. The molecule has 1 N–H and O–H groups in total. The van der Waals surface area contributed by atoms with Crippen LogP contribution in [0.1, 0.15) is 29.2 Å². The number of aromatic amines is 1. The Morgan fingerprint density at radius 2 is 2.11 bits per heavy atom. The van der Waals surface area contributed by atoms with Gasteiger partial charge in [0.25, 0.3) is 6.43 Å². The molecule has 0 spiro atoms. The molecule has 0 aliphatic heterocycles. The molecule has 2 rings (SSSR count). The maximum Gasteiger partial charge on any atom is 0.299 e. The molecule has 0 radical (unpaired) electrons. The number of nitrogens with one attached hydrogen (secondary N) is 1. The van der Waals surface area contributed by atoms with Crippen LogP contribution in [0.15, 0.2) is 5.10 Å². The Morgan fingerprint density at radius 3 is 2.63 bits per heavy atom. The van der Waals surface area contributed by atoms with Crippen molar-refractivity contribution >= 4 is 18.4 Å². The maximum atomic E-state index is 12.7. The number of rotatable bonds is 3. The van der Waals surface area contributed by atoms with Gasteiger partial charge in [-0.2, -0.15) is 20.0 Å². The van der Waals surface area contributed by atoms with Gasteiger partial charge in [0.2, 0.25) is 10.6 Å². The Morgan fingerprint density at radius 1 is 1.42 bits per heavy atom. The molecule has 0 saturated carbocycles. The predicted molar refractivity (Wildman–Crippen MR) is 68.0 cm³/mol. The van der Waals surface area contributed by atoms with Crippen molar-refractivity contribution in [2.24, 2.45) is 12.1 Å². The van der Waals surface area contributed by atoms with Crippen molar-refractivity contribution in [2.75, 3.05) is 0 Å². The van der Waals surface area contributed by atoms with Crippen LogP contribution in [0.2, 0.25) is 0 Å². The van der Waals surface area contributed by atoms with Gasteiger partial charge in [-0.15, -0.1) is 0 Å². The summed E-state index contributed by atoms with van der Waals surface area (Å²) in [4.78, 5) is 0. The van der Waals surface area contributed by atoms with Crippen molar-refractivity contribution < 1.29 is 8.78 Å². The van der Waals surface area contributed by atoms with E-state index in [1.54, 1.807) is 11.7 Å². The molecular weight excluding hydrogens is 274 g/mol. The lowest BCUT2D eigenvalue weighted by atomic mass is 10.2. The number of H-pyrrole nitrogens is 1. The molecule has 0 fully saturated rings. The zero-order chi connectivity index (χ0) is 14.2. The topological polar surface area (TPSA) is 63.8 Å². The van der Waals surface area contributed by atoms with Crippen LogP contribution in [0.4, 0.5) is 8.78 Å². The summed E-state index contributed by atoms with van der Waals surface area (Å²) >= 11 is 4.86. The van der Waals surface area contributed by atoms with E-state index in [9.17, 15) is 8.78 Å². The first kappa shape index (κ1) is 13.5. The molecule has 2 aromatic rings. The van der Waals surface area contributed by atoms with Crippen molar-refractivity contribution in [3.63, 3.8) is 0 Å². The highest BCUT2D eigenvalue weighted by Crippen LogP contribution is 2.16. The average molecular weight is 286 g/mol. The average Bonchev–Trinajstić information content (AvgIpc) is 2.80. The molecule has 0 aliphatic carbocycles. The Labute approximate surface area is 112 Å². The molecule has 9 heteroatoms. The summed E-state index contributed by atoms with van der Waals surface area (Å²) in [7, 11) is 1.80. The summed E-state index contributed by atoms with van der Waals surface area (Å²) in [5, 5.41) is 13.9. The van der Waals surface area contributed by atoms with Gasteiger partial charge in [-0.25, -0.2) is 13.9 Å². The second-order valence-electron chi connectivity index (χ2n) is 3.95. The second-order valence-corrected chi connectivity index (χ2v) is 4.34. The van der Waals surface area contributed by atoms with Crippen LogP contribution in [0.25, 0.3) is 0 Å². The van der Waals surface area contributed by atoms with Crippen molar-refractivity contribution in [3.8, 4) is 0 Å². The van der Waals surface area contributed by atoms with E-state index in [0.29, 0.717) is 0 Å². The minimum atomic E-state index is -2.75. The van der Waals surface area contributed by atoms with Crippen LogP contribution < -0.4 is 0 Å². The number of hydrogen-bond acceptors (Lipinski definition) is 4. The van der Waals surface area contributed by atoms with Gasteiger partial charge in [0.1, 0.15) is 0 Å². The third kappa shape index (κ3) is 2.46. The van der Waals surface area contributed by atoms with Crippen LogP contribution in [0.3, 0.4) is 0 Å². The maximum absolute atomic E-state index is 12.7. The third-order valence-corrected chi connectivity index (χ3v) is 3.00. The number of hydrogen-bond donors (Lipinski definition) is 1. The summed E-state index contributed by atoms with van der Waals surface area (Å²) in [6, 6.07) is 0. The lowest BCUT2D eigenvalue weighted by Crippen LogP contribution is -2.00. The molecule has 6 nitrogen and oxygen atoms in total. The first-order chi connectivity index (χ1) is 8.91. The summed E-state index contributed by atoms with van der Waals surface area (Å²) in [5.74, 6) is -0.513. The summed E-state index contributed by atoms with van der Waals surface area (Å²) in [6.07, 6.45) is -1.30. The standard InChI is InChI=1S/C10H12F2N6S/c1-5-7(6(2)17(3)16-5)4-13-18-9(8(11)12)14-15-10(18)19/h4,8H,1-3H3,(H,15,19)/b13-4-. The Bertz CT molecular complexity index is 681. The summed E-state index contributed by atoms with van der Waals surface area (Å²) in [5.41, 5.74) is 2.41. The van der Waals surface area contributed by atoms with Crippen LogP contribution in [-0.2, 0) is 7.05 Å². The van der Waals surface area contributed by atoms with E-state index in [4.69, 9.17) is 12.2 Å². The fourth-order valence-corrected chi connectivity index (χ4v) is 1.84. The highest BCUT2D eigenvalue weighted by atomic mass is 32.1. The molecule has 0 aromatic carbocycles. The monoisotopic (exact) mass is 286 g/mol. The molecule has 0 amide bonds. The van der Waals surface area contributed by atoms with Gasteiger partial charge in [-0.05, 0) is 26.1 Å². The minimum Gasteiger partial charge on any atom is -0.272 e. The summed E-state index contributed by atoms with van der Waals surface area (Å²) in [6.45, 7) is 3.68. The zero-order valence-electron chi connectivity index (χ0n) is 10.6. The van der Waals surface area contributed by atoms with E-state index in [0.717, 1.165) is 21.6 Å². The Kier molecular flexibility index (Phi) is 3.56. The highest BCUT2D eigenvalue weighted by molar-refractivity contribution is 7.71. The van der Waals surface area contributed by atoms with Crippen LogP contribution in [0, 0.1) is 18.6 Å². The van der Waals surface area contributed by atoms with Gasteiger partial charge in [0.15, 0.2) is 0 Å². The molecule has 0 aliphatic rings. The van der Waals surface area contributed by atoms with Crippen molar-refractivity contribution in [1.29, 1.82) is 0 Å². The first-order valence-electron chi connectivity index (χ1n) is 5.41. The largest absolute Gasteiger partial charge is 0.299 e. The number of alkyl halides is 2. The summed E-state index contributed by atoms with van der Waals surface area (Å²) < 4.78 is 28.0.